The molecule has 3 nitrogen and oxygen atoms in total. The molecule has 1 aromatic carbocycles. The molecule has 17 heavy (non-hydrogen) atoms. The molecule has 0 aliphatic heterocycles. The molecule has 2 N–H and O–H groups in total. The van der Waals surface area contributed by atoms with E-state index >= 15 is 0 Å². The fourth-order valence-electron chi connectivity index (χ4n) is 1.29. The van der Waals surface area contributed by atoms with Gasteiger partial charge < -0.3 is 15.2 Å². The molecule has 0 radical (unpaired) electrons. The predicted octanol–water partition coefficient (Wildman–Crippen LogP) is 1.70. The molecule has 0 aliphatic rings. The predicted molar refractivity (Wildman–Crippen MR) is 61.0 cm³/mol. The van der Waals surface area contributed by atoms with Crippen molar-refractivity contribution in [1.82, 2.24) is 5.32 Å². The fraction of sp³-hybridized carbons (Fsp3) is 0.500. The average molecular weight is 245 g/mol. The van der Waals surface area contributed by atoms with E-state index < -0.39 is 17.2 Å². The van der Waals surface area contributed by atoms with Gasteiger partial charge in [0.1, 0.15) is 17.4 Å². The molecular weight excluding hydrogens is 228 g/mol. The first-order chi connectivity index (χ1) is 7.99. The molecule has 1 atom stereocenters. The molecule has 1 unspecified atom stereocenters. The Kier molecular flexibility index (Phi) is 4.84. The lowest BCUT2D eigenvalue weighted by Gasteiger charge is -2.26. The van der Waals surface area contributed by atoms with Gasteiger partial charge in [0, 0.05) is 30.2 Å². The second-order valence-corrected chi connectivity index (χ2v) is 4.17. The van der Waals surface area contributed by atoms with Crippen LogP contribution >= 0.6 is 0 Å². The molecule has 5 heteroatoms. The Bertz CT molecular complexity index is 347. The number of hydrogen-bond acceptors (Lipinski definition) is 3. The summed E-state index contributed by atoms with van der Waals surface area (Å²) in [6.07, 6.45) is 0.526. The summed E-state index contributed by atoms with van der Waals surface area (Å²) in [6, 6.07) is 3.04. The van der Waals surface area contributed by atoms with E-state index in [2.05, 4.69) is 5.32 Å². The molecule has 0 saturated carbocycles. The van der Waals surface area contributed by atoms with Gasteiger partial charge in [-0.2, -0.15) is 0 Å². The van der Waals surface area contributed by atoms with E-state index in [0.717, 1.165) is 18.2 Å². The van der Waals surface area contributed by atoms with Crippen molar-refractivity contribution < 1.29 is 18.6 Å². The fourth-order valence-corrected chi connectivity index (χ4v) is 1.29. The summed E-state index contributed by atoms with van der Waals surface area (Å²) in [6.45, 7) is 2.06. The van der Waals surface area contributed by atoms with Gasteiger partial charge in [-0.1, -0.05) is 0 Å². The van der Waals surface area contributed by atoms with Crippen LogP contribution in [0, 0.1) is 11.6 Å². The minimum atomic E-state index is -0.668. The Morgan fingerprint density at radius 3 is 2.35 bits per heavy atom. The van der Waals surface area contributed by atoms with Crippen LogP contribution in [0.5, 0.6) is 5.75 Å². The van der Waals surface area contributed by atoms with Crippen LogP contribution in [0.3, 0.4) is 0 Å². The topological polar surface area (TPSA) is 41.5 Å². The largest absolute Gasteiger partial charge is 0.493 e. The first-order valence-electron chi connectivity index (χ1n) is 5.38. The van der Waals surface area contributed by atoms with E-state index in [1.165, 1.54) is 0 Å². The number of aliphatic hydroxyl groups is 1. The second kappa shape index (κ2) is 5.93. The SMILES string of the molecule is CNC(C)(CO)CCOc1cc(F)cc(F)c1. The number of rotatable bonds is 6. The maximum absolute atomic E-state index is 12.8. The highest BCUT2D eigenvalue weighted by atomic mass is 19.1. The van der Waals surface area contributed by atoms with Crippen LogP contribution in [0.4, 0.5) is 8.78 Å². The van der Waals surface area contributed by atoms with Crippen LogP contribution in [0.1, 0.15) is 13.3 Å². The first kappa shape index (κ1) is 13.9. The zero-order chi connectivity index (χ0) is 12.9. The van der Waals surface area contributed by atoms with Crippen molar-refractivity contribution in [2.45, 2.75) is 18.9 Å². The van der Waals surface area contributed by atoms with Crippen LogP contribution in [-0.2, 0) is 0 Å². The van der Waals surface area contributed by atoms with Gasteiger partial charge in [-0.25, -0.2) is 8.78 Å². The lowest BCUT2D eigenvalue weighted by molar-refractivity contribution is 0.151. The van der Waals surface area contributed by atoms with E-state index in [1.807, 2.05) is 6.92 Å². The smallest absolute Gasteiger partial charge is 0.129 e. The molecule has 0 spiro atoms. The highest BCUT2D eigenvalue weighted by Gasteiger charge is 2.20. The standard InChI is InChI=1S/C12H17F2NO2/c1-12(8-16,15-2)3-4-17-11-6-9(13)5-10(14)7-11/h5-7,15-16H,3-4,8H2,1-2H3. The van der Waals surface area contributed by atoms with Crippen LogP contribution in [-0.4, -0.2) is 30.9 Å². The van der Waals surface area contributed by atoms with Crippen molar-refractivity contribution in [3.05, 3.63) is 29.8 Å². The van der Waals surface area contributed by atoms with Gasteiger partial charge in [0.25, 0.3) is 0 Å². The first-order valence-corrected chi connectivity index (χ1v) is 5.38. The zero-order valence-electron chi connectivity index (χ0n) is 9.96. The van der Waals surface area contributed by atoms with Gasteiger partial charge in [-0.05, 0) is 14.0 Å². The molecule has 0 bridgehead atoms. The normalized spacial score (nSPS) is 14.4. The van der Waals surface area contributed by atoms with Crippen LogP contribution < -0.4 is 10.1 Å². The monoisotopic (exact) mass is 245 g/mol. The third-order valence-corrected chi connectivity index (χ3v) is 2.71. The summed E-state index contributed by atoms with van der Waals surface area (Å²) < 4.78 is 30.9. The molecule has 0 fully saturated rings. The Morgan fingerprint density at radius 2 is 1.88 bits per heavy atom. The molecule has 0 saturated heterocycles. The summed E-state index contributed by atoms with van der Waals surface area (Å²) in [5, 5.41) is 12.1. The highest BCUT2D eigenvalue weighted by molar-refractivity contribution is 5.23. The molecule has 96 valence electrons. The third-order valence-electron chi connectivity index (χ3n) is 2.71. The number of ether oxygens (including phenoxy) is 1. The Balaban J connectivity index is 2.51. The highest BCUT2D eigenvalue weighted by Crippen LogP contribution is 2.16. The maximum atomic E-state index is 12.8. The summed E-state index contributed by atoms with van der Waals surface area (Å²) >= 11 is 0. The lowest BCUT2D eigenvalue weighted by atomic mass is 10.0. The quantitative estimate of drug-likeness (QED) is 0.801. The van der Waals surface area contributed by atoms with Crippen molar-refractivity contribution in [2.24, 2.45) is 0 Å². The molecule has 1 aromatic rings. The lowest BCUT2D eigenvalue weighted by Crippen LogP contribution is -2.44. The summed E-state index contributed by atoms with van der Waals surface area (Å²) in [5.41, 5.74) is -0.453. The third kappa shape index (κ3) is 4.28. The van der Waals surface area contributed by atoms with E-state index in [9.17, 15) is 8.78 Å². The molecule has 0 amide bonds. The van der Waals surface area contributed by atoms with E-state index in [0.29, 0.717) is 6.42 Å². The van der Waals surface area contributed by atoms with Crippen LogP contribution in [0.15, 0.2) is 18.2 Å². The molecule has 0 aliphatic carbocycles. The van der Waals surface area contributed by atoms with Gasteiger partial charge in [0.2, 0.25) is 0 Å². The number of likely N-dealkylation sites (N-methyl/N-ethyl adjacent to an activating group) is 1. The van der Waals surface area contributed by atoms with Crippen molar-refractivity contribution >= 4 is 0 Å². The molecular formula is C12H17F2NO2. The van der Waals surface area contributed by atoms with Gasteiger partial charge in [-0.3, -0.25) is 0 Å². The number of nitrogens with one attached hydrogen (secondary N) is 1. The van der Waals surface area contributed by atoms with Gasteiger partial charge in [0.05, 0.1) is 13.2 Å². The van der Waals surface area contributed by atoms with Gasteiger partial charge in [-0.15, -0.1) is 0 Å². The number of hydrogen-bond donors (Lipinski definition) is 2. The van der Waals surface area contributed by atoms with Gasteiger partial charge in [0.15, 0.2) is 0 Å². The van der Waals surface area contributed by atoms with Crippen LogP contribution in [0.25, 0.3) is 0 Å². The Labute approximate surface area is 99.4 Å². The Hall–Kier alpha value is -1.20. The van der Waals surface area contributed by atoms with E-state index in [1.54, 1.807) is 7.05 Å². The van der Waals surface area contributed by atoms with Crippen molar-refractivity contribution in [3.63, 3.8) is 0 Å². The van der Waals surface area contributed by atoms with Crippen molar-refractivity contribution in [1.29, 1.82) is 0 Å². The van der Waals surface area contributed by atoms with Crippen molar-refractivity contribution in [2.75, 3.05) is 20.3 Å². The number of aliphatic hydroxyl groups excluding tert-OH is 1. The second-order valence-electron chi connectivity index (χ2n) is 4.17. The number of benzene rings is 1. The summed E-state index contributed by atoms with van der Waals surface area (Å²) in [5.74, 6) is -1.18. The number of halogens is 2. The Morgan fingerprint density at radius 1 is 1.29 bits per heavy atom. The minimum Gasteiger partial charge on any atom is -0.493 e. The van der Waals surface area contributed by atoms with E-state index in [4.69, 9.17) is 9.84 Å². The molecule has 0 aromatic heterocycles. The van der Waals surface area contributed by atoms with E-state index in [-0.39, 0.29) is 19.0 Å². The van der Waals surface area contributed by atoms with Crippen LogP contribution in [0.2, 0.25) is 0 Å². The summed E-state index contributed by atoms with van der Waals surface area (Å²) in [4.78, 5) is 0. The van der Waals surface area contributed by atoms with Gasteiger partial charge >= 0.3 is 0 Å². The molecule has 1 rings (SSSR count). The summed E-state index contributed by atoms with van der Waals surface area (Å²) in [7, 11) is 1.73. The van der Waals surface area contributed by atoms with Crippen molar-refractivity contribution in [3.8, 4) is 5.75 Å². The average Bonchev–Trinajstić information content (AvgIpc) is 2.27. The minimum absolute atomic E-state index is 0.0373. The zero-order valence-corrected chi connectivity index (χ0v) is 9.96. The maximum Gasteiger partial charge on any atom is 0.129 e. The molecule has 0 heterocycles.